The number of carbonyl (C=O) groups is 2. The molecule has 2 aliphatic heterocycles. The zero-order valence-electron chi connectivity index (χ0n) is 12.3. The first-order valence-electron chi connectivity index (χ1n) is 7.11. The average molecular weight is 399 g/mol. The Balaban J connectivity index is 1.77. The number of hydrogen-bond donors (Lipinski definition) is 2. The van der Waals surface area contributed by atoms with Crippen LogP contribution in [0.1, 0.15) is 18.9 Å². The van der Waals surface area contributed by atoms with E-state index in [0.717, 1.165) is 10.2 Å². The summed E-state index contributed by atoms with van der Waals surface area (Å²) in [5.41, 5.74) is 1.04. The van der Waals surface area contributed by atoms with E-state index in [-0.39, 0.29) is 17.6 Å². The maximum atomic E-state index is 12.1. The molecule has 0 saturated carbocycles. The van der Waals surface area contributed by atoms with Crippen LogP contribution in [-0.4, -0.2) is 44.1 Å². The van der Waals surface area contributed by atoms with E-state index < -0.39 is 18.0 Å². The summed E-state index contributed by atoms with van der Waals surface area (Å²) >= 11 is 4.68. The number of nitrogens with zero attached hydrogens (tertiary/aromatic N) is 2. The molecule has 6 nitrogen and oxygen atoms in total. The van der Waals surface area contributed by atoms with Crippen molar-refractivity contribution in [3.8, 4) is 0 Å². The van der Waals surface area contributed by atoms with Gasteiger partial charge < -0.3 is 15.1 Å². The van der Waals surface area contributed by atoms with Gasteiger partial charge in [-0.05, 0) is 34.5 Å². The predicted octanol–water partition coefficient (Wildman–Crippen LogP) is 1.98. The zero-order chi connectivity index (χ0) is 16.7. The summed E-state index contributed by atoms with van der Waals surface area (Å²) in [7, 11) is 0. The number of aromatic nitrogens is 1. The molecule has 0 aromatic carbocycles. The molecule has 3 rings (SSSR count). The van der Waals surface area contributed by atoms with Crippen molar-refractivity contribution in [2.45, 2.75) is 31.2 Å². The van der Waals surface area contributed by atoms with Crippen LogP contribution in [0.3, 0.4) is 0 Å². The molecule has 122 valence electrons. The van der Waals surface area contributed by atoms with Crippen LogP contribution < -0.4 is 0 Å². The molecule has 3 atom stereocenters. The molecule has 0 spiro atoms. The number of fused-ring (bicyclic) bond motifs is 1. The molecule has 1 aromatic heterocycles. The van der Waals surface area contributed by atoms with E-state index in [2.05, 4.69) is 20.9 Å². The van der Waals surface area contributed by atoms with Crippen LogP contribution >= 0.6 is 27.7 Å². The van der Waals surface area contributed by atoms with Gasteiger partial charge >= 0.3 is 5.97 Å². The lowest BCUT2D eigenvalue weighted by Gasteiger charge is -2.44. The maximum Gasteiger partial charge on any atom is 0.353 e. The number of carbonyl (C=O) groups excluding carboxylic acids is 1. The van der Waals surface area contributed by atoms with Crippen molar-refractivity contribution in [1.82, 2.24) is 9.88 Å². The van der Waals surface area contributed by atoms with Gasteiger partial charge in [0.15, 0.2) is 0 Å². The van der Waals surface area contributed by atoms with Crippen LogP contribution in [0, 0.1) is 5.92 Å². The molecule has 1 saturated heterocycles. The van der Waals surface area contributed by atoms with Gasteiger partial charge in [0.25, 0.3) is 0 Å². The molecule has 0 radical (unpaired) electrons. The van der Waals surface area contributed by atoms with Crippen LogP contribution in [0.4, 0.5) is 0 Å². The van der Waals surface area contributed by atoms with Gasteiger partial charge in [-0.1, -0.05) is 6.07 Å². The van der Waals surface area contributed by atoms with E-state index in [4.69, 9.17) is 0 Å². The third-order valence-electron chi connectivity index (χ3n) is 4.09. The summed E-state index contributed by atoms with van der Waals surface area (Å²) in [6.07, 6.45) is 1.45. The summed E-state index contributed by atoms with van der Waals surface area (Å²) in [4.78, 5) is 29.8. The Kier molecular flexibility index (Phi) is 4.48. The number of rotatable bonds is 5. The van der Waals surface area contributed by atoms with Gasteiger partial charge in [0.2, 0.25) is 5.91 Å². The highest BCUT2D eigenvalue weighted by atomic mass is 79.9. The van der Waals surface area contributed by atoms with Crippen LogP contribution in [0.2, 0.25) is 0 Å². The lowest BCUT2D eigenvalue weighted by molar-refractivity contribution is -0.161. The van der Waals surface area contributed by atoms with Gasteiger partial charge in [-0.15, -0.1) is 11.8 Å². The van der Waals surface area contributed by atoms with Crippen molar-refractivity contribution in [3.63, 3.8) is 0 Å². The monoisotopic (exact) mass is 398 g/mol. The maximum absolute atomic E-state index is 12.1. The number of aliphatic hydroxyl groups is 1. The largest absolute Gasteiger partial charge is 0.477 e. The molecule has 0 aliphatic carbocycles. The van der Waals surface area contributed by atoms with E-state index in [1.165, 1.54) is 16.7 Å². The molecular weight excluding hydrogens is 384 g/mol. The second kappa shape index (κ2) is 6.26. The molecule has 2 N–H and O–H groups in total. The van der Waals surface area contributed by atoms with E-state index in [1.807, 2.05) is 12.1 Å². The number of carboxylic acid groups (broad SMARTS) is 1. The van der Waals surface area contributed by atoms with Crippen LogP contribution in [0.25, 0.3) is 0 Å². The smallest absolute Gasteiger partial charge is 0.353 e. The summed E-state index contributed by atoms with van der Waals surface area (Å²) in [6, 6.07) is 3.51. The molecule has 0 bridgehead atoms. The Morgan fingerprint density at radius 2 is 2.30 bits per heavy atom. The van der Waals surface area contributed by atoms with E-state index in [9.17, 15) is 19.8 Å². The summed E-state index contributed by atoms with van der Waals surface area (Å²) in [5, 5.41) is 19.1. The van der Waals surface area contributed by atoms with Crippen LogP contribution in [0.15, 0.2) is 33.5 Å². The number of pyridine rings is 1. The summed E-state index contributed by atoms with van der Waals surface area (Å²) in [6.45, 7) is 1.57. The Morgan fingerprint density at radius 3 is 2.87 bits per heavy atom. The third-order valence-corrected chi connectivity index (χ3v) is 5.75. The number of aliphatic hydroxyl groups excluding tert-OH is 1. The Labute approximate surface area is 145 Å². The zero-order valence-corrected chi connectivity index (χ0v) is 14.7. The van der Waals surface area contributed by atoms with Gasteiger partial charge in [-0.3, -0.25) is 4.79 Å². The molecule has 23 heavy (non-hydrogen) atoms. The number of carboxylic acids is 1. The number of halogens is 1. The SMILES string of the molecule is C[C@@H](O)[C@H]1C(=O)N2C(C(=O)O)=C(SCc3ccc(Br)nc3)C[C@H]12. The fourth-order valence-electron chi connectivity index (χ4n) is 3.02. The first-order valence-corrected chi connectivity index (χ1v) is 8.89. The Hall–Kier alpha value is -1.38. The highest BCUT2D eigenvalue weighted by Gasteiger charge is 2.56. The summed E-state index contributed by atoms with van der Waals surface area (Å²) < 4.78 is 0.743. The lowest BCUT2D eigenvalue weighted by atomic mass is 9.83. The minimum absolute atomic E-state index is 0.0620. The summed E-state index contributed by atoms with van der Waals surface area (Å²) in [5.74, 6) is -1.32. The van der Waals surface area contributed by atoms with Crippen LogP contribution in [0.5, 0.6) is 0 Å². The second-order valence-electron chi connectivity index (χ2n) is 5.60. The van der Waals surface area contributed by atoms with Gasteiger partial charge in [0.05, 0.1) is 18.1 Å². The van der Waals surface area contributed by atoms with Crippen molar-refractivity contribution in [2.24, 2.45) is 5.92 Å². The molecular formula is C15H15BrN2O4S. The van der Waals surface area contributed by atoms with Gasteiger partial charge in [0, 0.05) is 23.3 Å². The first-order chi connectivity index (χ1) is 10.9. The average Bonchev–Trinajstić information content (AvgIpc) is 2.81. The molecule has 2 aliphatic rings. The van der Waals surface area contributed by atoms with Crippen molar-refractivity contribution in [3.05, 3.63) is 39.1 Å². The molecule has 1 aromatic rings. The van der Waals surface area contributed by atoms with E-state index in [1.54, 1.807) is 13.1 Å². The number of thioether (sulfide) groups is 1. The molecule has 1 amide bonds. The number of amides is 1. The number of β-lactam (4-membered cyclic amide) rings is 1. The number of aliphatic carboxylic acids is 1. The highest BCUT2D eigenvalue weighted by molar-refractivity contribution is 9.10. The minimum Gasteiger partial charge on any atom is -0.477 e. The Morgan fingerprint density at radius 1 is 1.57 bits per heavy atom. The standard InChI is InChI=1S/C15H15BrN2O4S/c1-7(19)12-9-4-10(13(15(21)22)18(9)14(12)20)23-6-8-2-3-11(16)17-5-8/h2-3,5,7,9,12,19H,4,6H2,1H3,(H,21,22)/t7-,9-,12-/m1/s1. The normalized spacial score (nSPS) is 24.5. The van der Waals surface area contributed by atoms with Crippen LogP contribution in [-0.2, 0) is 15.3 Å². The quantitative estimate of drug-likeness (QED) is 0.582. The van der Waals surface area contributed by atoms with E-state index in [0.29, 0.717) is 17.1 Å². The molecule has 3 heterocycles. The molecule has 8 heteroatoms. The molecule has 1 fully saturated rings. The topological polar surface area (TPSA) is 90.7 Å². The first kappa shape index (κ1) is 16.5. The lowest BCUT2D eigenvalue weighted by Crippen LogP contribution is -2.61. The third kappa shape index (κ3) is 2.90. The van der Waals surface area contributed by atoms with Gasteiger partial charge in [-0.25, -0.2) is 9.78 Å². The van der Waals surface area contributed by atoms with Gasteiger partial charge in [0.1, 0.15) is 10.3 Å². The van der Waals surface area contributed by atoms with Gasteiger partial charge in [-0.2, -0.15) is 0 Å². The second-order valence-corrected chi connectivity index (χ2v) is 7.48. The van der Waals surface area contributed by atoms with Crippen molar-refractivity contribution in [2.75, 3.05) is 0 Å². The van der Waals surface area contributed by atoms with Crippen molar-refractivity contribution in [1.29, 1.82) is 0 Å². The van der Waals surface area contributed by atoms with Crippen molar-refractivity contribution < 1.29 is 19.8 Å². The minimum atomic E-state index is -1.10. The number of hydrogen-bond acceptors (Lipinski definition) is 5. The molecule has 0 unspecified atom stereocenters. The fraction of sp³-hybridized carbons (Fsp3) is 0.400. The fourth-order valence-corrected chi connectivity index (χ4v) is 4.38. The highest BCUT2D eigenvalue weighted by Crippen LogP contribution is 2.47. The predicted molar refractivity (Wildman–Crippen MR) is 88.3 cm³/mol. The Bertz CT molecular complexity index is 689. The van der Waals surface area contributed by atoms with E-state index >= 15 is 0 Å². The van der Waals surface area contributed by atoms with Crippen molar-refractivity contribution >= 4 is 39.6 Å².